The minimum Gasteiger partial charge on any atom is -0.353 e. The molecule has 3 N–H and O–H groups in total. The standard InChI is InChI=1S/C13H27N3O.ClH/c1-5-10(2)15-12(17)8-16-7-6-11(14)13(3,4)9-16;/h10-11H,5-9,14H2,1-4H3,(H,15,17);1H. The number of hydrogen-bond acceptors (Lipinski definition) is 3. The molecule has 0 saturated carbocycles. The molecule has 5 heteroatoms. The summed E-state index contributed by atoms with van der Waals surface area (Å²) in [6.07, 6.45) is 1.95. The minimum absolute atomic E-state index is 0. The Morgan fingerprint density at radius 1 is 1.56 bits per heavy atom. The average molecular weight is 278 g/mol. The fourth-order valence-electron chi connectivity index (χ4n) is 2.25. The van der Waals surface area contributed by atoms with Crippen LogP contribution in [0.2, 0.25) is 0 Å². The summed E-state index contributed by atoms with van der Waals surface area (Å²) in [5.41, 5.74) is 6.19. The van der Waals surface area contributed by atoms with E-state index in [9.17, 15) is 4.79 Å². The number of amides is 1. The molecule has 1 aliphatic rings. The molecule has 2 atom stereocenters. The number of nitrogens with one attached hydrogen (secondary N) is 1. The number of rotatable bonds is 4. The zero-order chi connectivity index (χ0) is 13.1. The van der Waals surface area contributed by atoms with E-state index in [0.717, 1.165) is 25.9 Å². The van der Waals surface area contributed by atoms with Crippen molar-refractivity contribution in [3.8, 4) is 0 Å². The number of piperidine rings is 1. The summed E-state index contributed by atoms with van der Waals surface area (Å²) in [6, 6.07) is 0.513. The van der Waals surface area contributed by atoms with Gasteiger partial charge in [-0.25, -0.2) is 0 Å². The molecule has 0 radical (unpaired) electrons. The van der Waals surface area contributed by atoms with Crippen LogP contribution >= 0.6 is 12.4 Å². The number of halogens is 1. The Balaban J connectivity index is 0.00000289. The van der Waals surface area contributed by atoms with E-state index in [1.807, 2.05) is 6.92 Å². The van der Waals surface area contributed by atoms with Gasteiger partial charge in [0.25, 0.3) is 0 Å². The predicted octanol–water partition coefficient (Wildman–Crippen LogP) is 1.38. The van der Waals surface area contributed by atoms with Crippen molar-refractivity contribution in [2.45, 2.75) is 52.6 Å². The van der Waals surface area contributed by atoms with Gasteiger partial charge in [-0.2, -0.15) is 0 Å². The zero-order valence-corrected chi connectivity index (χ0v) is 12.8. The molecule has 0 aromatic carbocycles. The number of carbonyl (C=O) groups is 1. The van der Waals surface area contributed by atoms with Gasteiger partial charge in [0, 0.05) is 25.2 Å². The van der Waals surface area contributed by atoms with Crippen molar-refractivity contribution in [1.82, 2.24) is 10.2 Å². The van der Waals surface area contributed by atoms with Gasteiger partial charge < -0.3 is 11.1 Å². The summed E-state index contributed by atoms with van der Waals surface area (Å²) in [4.78, 5) is 14.0. The summed E-state index contributed by atoms with van der Waals surface area (Å²) in [5, 5.41) is 3.00. The molecule has 0 aliphatic carbocycles. The number of likely N-dealkylation sites (tertiary alicyclic amines) is 1. The van der Waals surface area contributed by atoms with Crippen molar-refractivity contribution in [1.29, 1.82) is 0 Å². The normalized spacial score (nSPS) is 25.1. The maximum Gasteiger partial charge on any atom is 0.234 e. The van der Waals surface area contributed by atoms with Gasteiger partial charge in [0.15, 0.2) is 0 Å². The van der Waals surface area contributed by atoms with Crippen molar-refractivity contribution < 1.29 is 4.79 Å². The minimum atomic E-state index is 0. The molecule has 1 rings (SSSR count). The third-order valence-electron chi connectivity index (χ3n) is 3.78. The highest BCUT2D eigenvalue weighted by atomic mass is 35.5. The molecule has 1 heterocycles. The molecule has 2 unspecified atom stereocenters. The molecule has 0 bridgehead atoms. The second kappa shape index (κ2) is 7.31. The average Bonchev–Trinajstić information content (AvgIpc) is 2.22. The fourth-order valence-corrected chi connectivity index (χ4v) is 2.25. The predicted molar refractivity (Wildman–Crippen MR) is 78.0 cm³/mol. The topological polar surface area (TPSA) is 58.4 Å². The van der Waals surface area contributed by atoms with Gasteiger partial charge in [-0.3, -0.25) is 9.69 Å². The molecule has 1 aliphatic heterocycles. The van der Waals surface area contributed by atoms with Crippen LogP contribution in [0.15, 0.2) is 0 Å². The van der Waals surface area contributed by atoms with Crippen LogP contribution in [0.3, 0.4) is 0 Å². The Bertz CT molecular complexity index is 271. The Labute approximate surface area is 117 Å². The van der Waals surface area contributed by atoms with Crippen LogP contribution in [0.1, 0.15) is 40.5 Å². The Morgan fingerprint density at radius 3 is 2.67 bits per heavy atom. The number of nitrogens with zero attached hydrogens (tertiary/aromatic N) is 1. The molecular weight excluding hydrogens is 250 g/mol. The molecule has 18 heavy (non-hydrogen) atoms. The van der Waals surface area contributed by atoms with Crippen molar-refractivity contribution in [3.63, 3.8) is 0 Å². The highest BCUT2D eigenvalue weighted by Crippen LogP contribution is 2.27. The number of nitrogens with two attached hydrogens (primary N) is 1. The lowest BCUT2D eigenvalue weighted by molar-refractivity contribution is -0.123. The lowest BCUT2D eigenvalue weighted by Crippen LogP contribution is -2.54. The van der Waals surface area contributed by atoms with Crippen LogP contribution in [0, 0.1) is 5.41 Å². The summed E-state index contributed by atoms with van der Waals surface area (Å²) in [6.45, 7) is 10.8. The summed E-state index contributed by atoms with van der Waals surface area (Å²) in [7, 11) is 0. The number of carbonyl (C=O) groups excluding carboxylic acids is 1. The van der Waals surface area contributed by atoms with E-state index in [2.05, 4.69) is 31.0 Å². The largest absolute Gasteiger partial charge is 0.353 e. The van der Waals surface area contributed by atoms with Crippen molar-refractivity contribution in [3.05, 3.63) is 0 Å². The van der Waals surface area contributed by atoms with Gasteiger partial charge in [0.05, 0.1) is 6.54 Å². The van der Waals surface area contributed by atoms with Gasteiger partial charge in [0.1, 0.15) is 0 Å². The lowest BCUT2D eigenvalue weighted by atomic mass is 9.80. The van der Waals surface area contributed by atoms with Crippen LogP contribution in [0.4, 0.5) is 0 Å². The highest BCUT2D eigenvalue weighted by molar-refractivity contribution is 5.85. The molecule has 108 valence electrons. The van der Waals surface area contributed by atoms with Gasteiger partial charge in [-0.1, -0.05) is 20.8 Å². The molecule has 0 aromatic rings. The SMILES string of the molecule is CCC(C)NC(=O)CN1CCC(N)C(C)(C)C1.Cl. The van der Waals surface area contributed by atoms with Gasteiger partial charge in [-0.15, -0.1) is 12.4 Å². The summed E-state index contributed by atoms with van der Waals surface area (Å²) < 4.78 is 0. The first-order valence-electron chi connectivity index (χ1n) is 6.62. The van der Waals surface area contributed by atoms with Gasteiger partial charge >= 0.3 is 0 Å². The van der Waals surface area contributed by atoms with Crippen LogP contribution in [0.5, 0.6) is 0 Å². The molecule has 1 fully saturated rings. The van der Waals surface area contributed by atoms with E-state index < -0.39 is 0 Å². The maximum absolute atomic E-state index is 11.8. The first kappa shape index (κ1) is 17.7. The van der Waals surface area contributed by atoms with Crippen molar-refractivity contribution in [2.24, 2.45) is 11.1 Å². The summed E-state index contributed by atoms with van der Waals surface area (Å²) in [5.74, 6) is 0.130. The van der Waals surface area contributed by atoms with Gasteiger partial charge in [0.2, 0.25) is 5.91 Å². The van der Waals surface area contributed by atoms with Crippen molar-refractivity contribution >= 4 is 18.3 Å². The smallest absolute Gasteiger partial charge is 0.234 e. The monoisotopic (exact) mass is 277 g/mol. The van der Waals surface area contributed by atoms with E-state index in [1.54, 1.807) is 0 Å². The van der Waals surface area contributed by atoms with Gasteiger partial charge in [-0.05, 0) is 25.2 Å². The Kier molecular flexibility index (Phi) is 7.18. The fraction of sp³-hybridized carbons (Fsp3) is 0.923. The Morgan fingerprint density at radius 2 is 2.17 bits per heavy atom. The van der Waals surface area contributed by atoms with Crippen LogP contribution in [0.25, 0.3) is 0 Å². The summed E-state index contributed by atoms with van der Waals surface area (Å²) >= 11 is 0. The third-order valence-corrected chi connectivity index (χ3v) is 3.78. The second-order valence-electron chi connectivity index (χ2n) is 5.97. The van der Waals surface area contributed by atoms with E-state index in [4.69, 9.17) is 5.73 Å². The molecule has 4 nitrogen and oxygen atoms in total. The lowest BCUT2D eigenvalue weighted by Gasteiger charge is -2.42. The molecule has 1 saturated heterocycles. The zero-order valence-electron chi connectivity index (χ0n) is 12.0. The molecular formula is C13H28ClN3O. The van der Waals surface area contributed by atoms with Crippen LogP contribution in [-0.2, 0) is 4.79 Å². The van der Waals surface area contributed by atoms with E-state index >= 15 is 0 Å². The molecule has 1 amide bonds. The van der Waals surface area contributed by atoms with E-state index in [0.29, 0.717) is 6.54 Å². The molecule has 0 spiro atoms. The van der Waals surface area contributed by atoms with E-state index in [1.165, 1.54) is 0 Å². The van der Waals surface area contributed by atoms with Crippen LogP contribution < -0.4 is 11.1 Å². The molecule has 0 aromatic heterocycles. The quantitative estimate of drug-likeness (QED) is 0.816. The highest BCUT2D eigenvalue weighted by Gasteiger charge is 2.33. The van der Waals surface area contributed by atoms with Crippen LogP contribution in [-0.4, -0.2) is 42.5 Å². The third kappa shape index (κ3) is 5.12. The maximum atomic E-state index is 11.8. The first-order valence-corrected chi connectivity index (χ1v) is 6.62. The first-order chi connectivity index (χ1) is 7.85. The van der Waals surface area contributed by atoms with Crippen molar-refractivity contribution in [2.75, 3.05) is 19.6 Å². The second-order valence-corrected chi connectivity index (χ2v) is 5.97. The van der Waals surface area contributed by atoms with E-state index in [-0.39, 0.29) is 35.8 Å². The number of hydrogen-bond donors (Lipinski definition) is 2. The Hall–Kier alpha value is -0.320.